The van der Waals surface area contributed by atoms with E-state index in [4.69, 9.17) is 5.73 Å². The highest BCUT2D eigenvalue weighted by atomic mass is 15.0. The van der Waals surface area contributed by atoms with Crippen molar-refractivity contribution in [2.75, 3.05) is 17.6 Å². The molecule has 1 aliphatic carbocycles. The Hall–Kier alpha value is -1.84. The van der Waals surface area contributed by atoms with Gasteiger partial charge in [-0.15, -0.1) is 0 Å². The fraction of sp³-hybridized carbons (Fsp3) is 0.500. The molecule has 0 saturated heterocycles. The van der Waals surface area contributed by atoms with Crippen molar-refractivity contribution in [3.8, 4) is 0 Å². The molecule has 1 aromatic carbocycles. The maximum atomic E-state index is 5.81. The van der Waals surface area contributed by atoms with E-state index in [0.717, 1.165) is 29.0 Å². The standard InChI is InChI=1S/C16H22N4/c1-2-16(7-3-4-8-16)10-18-15-13-6-5-12(17)9-14(13)19-11-20-15/h5-6,9,11H,2-4,7-8,10,17H2,1H3,(H,18,19,20). The SMILES string of the molecule is CCC1(CNc2ncnc3cc(N)ccc23)CCCC1. The molecule has 3 N–H and O–H groups in total. The first-order valence-electron chi connectivity index (χ1n) is 7.47. The van der Waals surface area contributed by atoms with Gasteiger partial charge in [0, 0.05) is 17.6 Å². The number of aromatic nitrogens is 2. The second-order valence-electron chi connectivity index (χ2n) is 5.91. The number of nitrogen functional groups attached to an aromatic ring is 1. The van der Waals surface area contributed by atoms with E-state index in [0.29, 0.717) is 5.41 Å². The topological polar surface area (TPSA) is 63.8 Å². The summed E-state index contributed by atoms with van der Waals surface area (Å²) >= 11 is 0. The van der Waals surface area contributed by atoms with Gasteiger partial charge in [0.2, 0.25) is 0 Å². The van der Waals surface area contributed by atoms with Crippen LogP contribution in [0.25, 0.3) is 10.9 Å². The Morgan fingerprint density at radius 2 is 2.05 bits per heavy atom. The zero-order valence-corrected chi connectivity index (χ0v) is 12.0. The number of hydrogen-bond acceptors (Lipinski definition) is 4. The van der Waals surface area contributed by atoms with Crippen LogP contribution in [-0.2, 0) is 0 Å². The van der Waals surface area contributed by atoms with Crippen LogP contribution in [0.4, 0.5) is 11.5 Å². The van der Waals surface area contributed by atoms with Gasteiger partial charge in [-0.3, -0.25) is 0 Å². The molecular formula is C16H22N4. The first-order valence-corrected chi connectivity index (χ1v) is 7.47. The van der Waals surface area contributed by atoms with Crippen molar-refractivity contribution in [3.05, 3.63) is 24.5 Å². The molecule has 0 amide bonds. The van der Waals surface area contributed by atoms with E-state index in [9.17, 15) is 0 Å². The van der Waals surface area contributed by atoms with Gasteiger partial charge in [0.05, 0.1) is 5.52 Å². The molecule has 106 valence electrons. The normalized spacial score (nSPS) is 17.4. The lowest BCUT2D eigenvalue weighted by Gasteiger charge is -2.28. The van der Waals surface area contributed by atoms with Crippen LogP contribution in [-0.4, -0.2) is 16.5 Å². The van der Waals surface area contributed by atoms with Crippen molar-refractivity contribution >= 4 is 22.4 Å². The summed E-state index contributed by atoms with van der Waals surface area (Å²) in [6.07, 6.45) is 8.21. The van der Waals surface area contributed by atoms with Crippen LogP contribution in [0.1, 0.15) is 39.0 Å². The third-order valence-corrected chi connectivity index (χ3v) is 4.71. The summed E-state index contributed by atoms with van der Waals surface area (Å²) in [4.78, 5) is 8.69. The fourth-order valence-corrected chi connectivity index (χ4v) is 3.27. The third kappa shape index (κ3) is 2.42. The predicted molar refractivity (Wildman–Crippen MR) is 83.6 cm³/mol. The van der Waals surface area contributed by atoms with Crippen molar-refractivity contribution in [1.29, 1.82) is 0 Å². The summed E-state index contributed by atoms with van der Waals surface area (Å²) < 4.78 is 0. The monoisotopic (exact) mass is 270 g/mol. The Labute approximate surface area is 119 Å². The van der Waals surface area contributed by atoms with Crippen LogP contribution in [0.3, 0.4) is 0 Å². The van der Waals surface area contributed by atoms with E-state index in [-0.39, 0.29) is 0 Å². The molecule has 0 spiro atoms. The van der Waals surface area contributed by atoms with Gasteiger partial charge >= 0.3 is 0 Å². The summed E-state index contributed by atoms with van der Waals surface area (Å²) in [7, 11) is 0. The van der Waals surface area contributed by atoms with Gasteiger partial charge in [-0.05, 0) is 42.9 Å². The summed E-state index contributed by atoms with van der Waals surface area (Å²) in [6.45, 7) is 3.30. The van der Waals surface area contributed by atoms with Crippen molar-refractivity contribution in [2.45, 2.75) is 39.0 Å². The molecule has 1 aliphatic rings. The van der Waals surface area contributed by atoms with E-state index in [1.54, 1.807) is 6.33 Å². The molecule has 0 unspecified atom stereocenters. The minimum absolute atomic E-state index is 0.449. The van der Waals surface area contributed by atoms with E-state index in [1.807, 2.05) is 18.2 Å². The summed E-state index contributed by atoms with van der Waals surface area (Å²) in [5, 5.41) is 4.60. The van der Waals surface area contributed by atoms with E-state index in [2.05, 4.69) is 22.2 Å². The van der Waals surface area contributed by atoms with Gasteiger partial charge in [-0.25, -0.2) is 9.97 Å². The molecule has 4 nitrogen and oxygen atoms in total. The second kappa shape index (κ2) is 5.27. The molecule has 20 heavy (non-hydrogen) atoms. The van der Waals surface area contributed by atoms with Gasteiger partial charge in [-0.2, -0.15) is 0 Å². The van der Waals surface area contributed by atoms with Crippen molar-refractivity contribution in [2.24, 2.45) is 5.41 Å². The number of hydrogen-bond donors (Lipinski definition) is 2. The van der Waals surface area contributed by atoms with Crippen LogP contribution < -0.4 is 11.1 Å². The van der Waals surface area contributed by atoms with Crippen LogP contribution in [0.5, 0.6) is 0 Å². The smallest absolute Gasteiger partial charge is 0.137 e. The summed E-state index contributed by atoms with van der Waals surface area (Å²) in [5.74, 6) is 0.926. The highest BCUT2D eigenvalue weighted by Gasteiger charge is 2.31. The van der Waals surface area contributed by atoms with E-state index in [1.165, 1.54) is 32.1 Å². The molecule has 1 aromatic heterocycles. The number of benzene rings is 1. The van der Waals surface area contributed by atoms with Crippen molar-refractivity contribution in [1.82, 2.24) is 9.97 Å². The molecule has 4 heteroatoms. The number of nitrogens with two attached hydrogens (primary N) is 1. The van der Waals surface area contributed by atoms with Gasteiger partial charge < -0.3 is 11.1 Å². The summed E-state index contributed by atoms with van der Waals surface area (Å²) in [6, 6.07) is 5.80. The average Bonchev–Trinajstić information content (AvgIpc) is 2.94. The zero-order chi connectivity index (χ0) is 14.0. The number of fused-ring (bicyclic) bond motifs is 1. The zero-order valence-electron chi connectivity index (χ0n) is 12.0. The molecule has 1 heterocycles. The lowest BCUT2D eigenvalue weighted by Crippen LogP contribution is -2.26. The number of rotatable bonds is 4. The predicted octanol–water partition coefficient (Wildman–Crippen LogP) is 3.59. The molecule has 2 aromatic rings. The number of anilines is 2. The summed E-state index contributed by atoms with van der Waals surface area (Å²) in [5.41, 5.74) is 7.90. The maximum absolute atomic E-state index is 5.81. The Bertz CT molecular complexity index is 602. The molecule has 0 radical (unpaired) electrons. The highest BCUT2D eigenvalue weighted by Crippen LogP contribution is 2.41. The van der Waals surface area contributed by atoms with Gasteiger partial charge in [0.25, 0.3) is 0 Å². The van der Waals surface area contributed by atoms with Gasteiger partial charge in [-0.1, -0.05) is 19.8 Å². The molecule has 0 bridgehead atoms. The van der Waals surface area contributed by atoms with E-state index >= 15 is 0 Å². The van der Waals surface area contributed by atoms with Crippen LogP contribution in [0, 0.1) is 5.41 Å². The minimum atomic E-state index is 0.449. The van der Waals surface area contributed by atoms with Crippen LogP contribution in [0.15, 0.2) is 24.5 Å². The number of nitrogens with zero attached hydrogens (tertiary/aromatic N) is 2. The average molecular weight is 270 g/mol. The highest BCUT2D eigenvalue weighted by molar-refractivity contribution is 5.90. The first kappa shape index (κ1) is 13.2. The van der Waals surface area contributed by atoms with Crippen molar-refractivity contribution in [3.63, 3.8) is 0 Å². The maximum Gasteiger partial charge on any atom is 0.137 e. The van der Waals surface area contributed by atoms with E-state index < -0.39 is 0 Å². The Morgan fingerprint density at radius 1 is 1.25 bits per heavy atom. The Balaban J connectivity index is 1.84. The van der Waals surface area contributed by atoms with Crippen molar-refractivity contribution < 1.29 is 0 Å². The first-order chi connectivity index (χ1) is 9.72. The minimum Gasteiger partial charge on any atom is -0.399 e. The van der Waals surface area contributed by atoms with Crippen LogP contribution in [0.2, 0.25) is 0 Å². The molecule has 1 saturated carbocycles. The third-order valence-electron chi connectivity index (χ3n) is 4.71. The van der Waals surface area contributed by atoms with Gasteiger partial charge in [0.1, 0.15) is 12.1 Å². The quantitative estimate of drug-likeness (QED) is 0.833. The van der Waals surface area contributed by atoms with Gasteiger partial charge in [0.15, 0.2) is 0 Å². The number of nitrogens with one attached hydrogen (secondary N) is 1. The molecule has 0 atom stereocenters. The lowest BCUT2D eigenvalue weighted by atomic mass is 9.83. The molecular weight excluding hydrogens is 248 g/mol. The largest absolute Gasteiger partial charge is 0.399 e. The molecule has 1 fully saturated rings. The fourth-order valence-electron chi connectivity index (χ4n) is 3.27. The molecule has 3 rings (SSSR count). The Kier molecular flexibility index (Phi) is 3.47. The lowest BCUT2D eigenvalue weighted by molar-refractivity contribution is 0.306. The molecule has 0 aliphatic heterocycles. The second-order valence-corrected chi connectivity index (χ2v) is 5.91. The Morgan fingerprint density at radius 3 is 2.80 bits per heavy atom. The van der Waals surface area contributed by atoms with Crippen LogP contribution >= 0.6 is 0 Å².